The molecule has 3 rings (SSSR count). The highest BCUT2D eigenvalue weighted by Gasteiger charge is 2.11. The highest BCUT2D eigenvalue weighted by Crippen LogP contribution is 2.22. The van der Waals surface area contributed by atoms with Gasteiger partial charge in [-0.3, -0.25) is 4.79 Å². The number of nitrogens with one attached hydrogen (secondary N) is 1. The van der Waals surface area contributed by atoms with Crippen molar-refractivity contribution in [3.8, 4) is 0 Å². The Morgan fingerprint density at radius 1 is 1.19 bits per heavy atom. The number of rotatable bonds is 0. The Kier molecular flexibility index (Phi) is 2.00. The van der Waals surface area contributed by atoms with Crippen LogP contribution in [0.2, 0.25) is 0 Å². The number of hydrogen-bond donors (Lipinski definition) is 1. The molecule has 1 aromatic carbocycles. The molecule has 1 heterocycles. The van der Waals surface area contributed by atoms with Gasteiger partial charge in [0.15, 0.2) is 5.78 Å². The van der Waals surface area contributed by atoms with E-state index in [1.165, 1.54) is 0 Å². The molecule has 0 unspecified atom stereocenters. The molecule has 78 valence electrons. The molecule has 0 radical (unpaired) electrons. The Morgan fingerprint density at radius 2 is 2.12 bits per heavy atom. The molecule has 1 aliphatic rings. The fourth-order valence-electron chi connectivity index (χ4n) is 2.02. The van der Waals surface area contributed by atoms with Crippen molar-refractivity contribution in [1.82, 2.24) is 4.98 Å². The van der Waals surface area contributed by atoms with Crippen molar-refractivity contribution in [1.29, 1.82) is 0 Å². The summed E-state index contributed by atoms with van der Waals surface area (Å²) in [5.74, 6) is 0.179. The molecule has 0 bridgehead atoms. The minimum atomic E-state index is 0.179. The van der Waals surface area contributed by atoms with Crippen LogP contribution in [0.1, 0.15) is 22.3 Å². The van der Waals surface area contributed by atoms with E-state index in [1.54, 1.807) is 0 Å². The second-order valence-corrected chi connectivity index (χ2v) is 3.92. The Bertz CT molecular complexity index is 617. The summed E-state index contributed by atoms with van der Waals surface area (Å²) in [6.45, 7) is 0. The first kappa shape index (κ1) is 9.16. The lowest BCUT2D eigenvalue weighted by atomic mass is 9.97. The molecule has 0 spiro atoms. The smallest absolute Gasteiger partial charge is 0.167 e. The highest BCUT2D eigenvalue weighted by molar-refractivity contribution is 6.04. The first-order valence-electron chi connectivity index (χ1n) is 5.32. The maximum Gasteiger partial charge on any atom is 0.167 e. The molecule has 0 atom stereocenters. The van der Waals surface area contributed by atoms with Crippen molar-refractivity contribution in [2.45, 2.75) is 6.42 Å². The summed E-state index contributed by atoms with van der Waals surface area (Å²) in [5.41, 5.74) is 2.87. The summed E-state index contributed by atoms with van der Waals surface area (Å²) >= 11 is 0. The third-order valence-corrected chi connectivity index (χ3v) is 2.85. The van der Waals surface area contributed by atoms with E-state index in [9.17, 15) is 4.79 Å². The molecule has 2 nitrogen and oxygen atoms in total. The summed E-state index contributed by atoms with van der Waals surface area (Å²) in [7, 11) is 0. The van der Waals surface area contributed by atoms with Gasteiger partial charge in [-0.1, -0.05) is 24.3 Å². The van der Waals surface area contributed by atoms with E-state index in [0.717, 1.165) is 22.0 Å². The molecule has 16 heavy (non-hydrogen) atoms. The molecule has 1 aromatic heterocycles. The summed E-state index contributed by atoms with van der Waals surface area (Å²) in [6, 6.07) is 5.98. The van der Waals surface area contributed by atoms with Gasteiger partial charge in [-0.05, 0) is 23.8 Å². The van der Waals surface area contributed by atoms with E-state index < -0.39 is 0 Å². The lowest BCUT2D eigenvalue weighted by Gasteiger charge is -2.06. The highest BCUT2D eigenvalue weighted by atomic mass is 16.1. The van der Waals surface area contributed by atoms with Crippen LogP contribution in [-0.4, -0.2) is 10.8 Å². The van der Waals surface area contributed by atoms with Gasteiger partial charge < -0.3 is 4.98 Å². The molecule has 1 aliphatic carbocycles. The fourth-order valence-corrected chi connectivity index (χ4v) is 2.02. The van der Waals surface area contributed by atoms with Crippen molar-refractivity contribution in [3.05, 3.63) is 53.8 Å². The van der Waals surface area contributed by atoms with Gasteiger partial charge in [0.05, 0.1) is 0 Å². The van der Waals surface area contributed by atoms with Gasteiger partial charge in [0.2, 0.25) is 0 Å². The van der Waals surface area contributed by atoms with Crippen molar-refractivity contribution in [2.75, 3.05) is 0 Å². The summed E-state index contributed by atoms with van der Waals surface area (Å²) in [6.07, 6.45) is 10.1. The molecule has 0 saturated carbocycles. The number of ketones is 1. The number of carbonyl (C=O) groups is 1. The predicted octanol–water partition coefficient (Wildman–Crippen LogP) is 3.32. The van der Waals surface area contributed by atoms with E-state index in [-0.39, 0.29) is 5.78 Å². The first-order chi connectivity index (χ1) is 7.84. The topological polar surface area (TPSA) is 32.9 Å². The van der Waals surface area contributed by atoms with Gasteiger partial charge in [-0.25, -0.2) is 0 Å². The molecular weight excluding hydrogens is 198 g/mol. The van der Waals surface area contributed by atoms with Crippen LogP contribution in [0.15, 0.2) is 42.6 Å². The molecule has 2 aromatic rings. The average Bonchev–Trinajstić information content (AvgIpc) is 2.71. The van der Waals surface area contributed by atoms with E-state index in [0.29, 0.717) is 6.42 Å². The van der Waals surface area contributed by atoms with Gasteiger partial charge in [0.25, 0.3) is 0 Å². The van der Waals surface area contributed by atoms with Crippen molar-refractivity contribution in [2.24, 2.45) is 0 Å². The zero-order chi connectivity index (χ0) is 11.0. The number of allylic oxidation sites excluding steroid dienone is 3. The van der Waals surface area contributed by atoms with Crippen molar-refractivity contribution < 1.29 is 4.79 Å². The minimum absolute atomic E-state index is 0.179. The summed E-state index contributed by atoms with van der Waals surface area (Å²) in [5, 5.41) is 1.09. The van der Waals surface area contributed by atoms with Gasteiger partial charge in [-0.2, -0.15) is 0 Å². The normalized spacial score (nSPS) is 18.9. The lowest BCUT2D eigenvalue weighted by Crippen LogP contribution is -2.01. The Hall–Kier alpha value is -2.09. The number of aromatic amines is 1. The molecule has 2 heteroatoms. The molecule has 0 saturated heterocycles. The number of aromatic nitrogens is 1. The Labute approximate surface area is 93.3 Å². The van der Waals surface area contributed by atoms with Gasteiger partial charge >= 0.3 is 0 Å². The van der Waals surface area contributed by atoms with Gasteiger partial charge in [-0.15, -0.1) is 0 Å². The number of hydrogen-bond acceptors (Lipinski definition) is 1. The van der Waals surface area contributed by atoms with Crippen LogP contribution in [-0.2, 0) is 0 Å². The van der Waals surface area contributed by atoms with E-state index >= 15 is 0 Å². The first-order valence-corrected chi connectivity index (χ1v) is 5.32. The van der Waals surface area contributed by atoms with Crippen LogP contribution in [0.25, 0.3) is 17.0 Å². The van der Waals surface area contributed by atoms with Gasteiger partial charge in [0, 0.05) is 29.1 Å². The fraction of sp³-hybridized carbons (Fsp3) is 0.0714. The van der Waals surface area contributed by atoms with Crippen molar-refractivity contribution in [3.63, 3.8) is 0 Å². The minimum Gasteiger partial charge on any atom is -0.361 e. The van der Waals surface area contributed by atoms with Crippen LogP contribution in [0.4, 0.5) is 0 Å². The summed E-state index contributed by atoms with van der Waals surface area (Å²) < 4.78 is 0. The third kappa shape index (κ3) is 1.39. The SMILES string of the molecule is O=C1C/C=C\C=C/c2cc3[nH]ccc3cc21. The average molecular weight is 209 g/mol. The van der Waals surface area contributed by atoms with Gasteiger partial charge in [0.1, 0.15) is 0 Å². The second-order valence-electron chi connectivity index (χ2n) is 3.92. The number of Topliss-reactive ketones (excluding diaryl/α,β-unsaturated/α-hetero) is 1. The molecule has 0 aliphatic heterocycles. The van der Waals surface area contributed by atoms with E-state index in [1.807, 2.05) is 48.7 Å². The van der Waals surface area contributed by atoms with Crippen molar-refractivity contribution >= 4 is 22.8 Å². The number of fused-ring (bicyclic) bond motifs is 2. The van der Waals surface area contributed by atoms with Crippen LogP contribution < -0.4 is 0 Å². The molecule has 0 fully saturated rings. The Balaban J connectivity index is 2.30. The lowest BCUT2D eigenvalue weighted by molar-refractivity contribution is 0.0995. The number of benzene rings is 1. The summed E-state index contributed by atoms with van der Waals surface area (Å²) in [4.78, 5) is 15.1. The molecular formula is C14H11NO. The third-order valence-electron chi connectivity index (χ3n) is 2.85. The quantitative estimate of drug-likeness (QED) is 0.709. The largest absolute Gasteiger partial charge is 0.361 e. The maximum absolute atomic E-state index is 11.9. The maximum atomic E-state index is 11.9. The van der Waals surface area contributed by atoms with E-state index in [4.69, 9.17) is 0 Å². The van der Waals surface area contributed by atoms with E-state index in [2.05, 4.69) is 4.98 Å². The zero-order valence-electron chi connectivity index (χ0n) is 8.73. The Morgan fingerprint density at radius 3 is 3.06 bits per heavy atom. The second kappa shape index (κ2) is 3.49. The zero-order valence-corrected chi connectivity index (χ0v) is 8.73. The standard InChI is InChI=1S/C14H11NO/c16-14-5-3-1-2-4-10-9-13-11(6-7-15-13)8-12(10)14/h1-4,6-9,15H,5H2/b3-1-,4-2-. The number of H-pyrrole nitrogens is 1. The predicted molar refractivity (Wildman–Crippen MR) is 65.4 cm³/mol. The monoisotopic (exact) mass is 209 g/mol. The molecule has 1 N–H and O–H groups in total. The number of carbonyl (C=O) groups excluding carboxylic acids is 1. The molecule has 0 amide bonds. The van der Waals surface area contributed by atoms with Crippen LogP contribution >= 0.6 is 0 Å². The van der Waals surface area contributed by atoms with Crippen LogP contribution in [0.3, 0.4) is 0 Å². The van der Waals surface area contributed by atoms with Crippen LogP contribution in [0, 0.1) is 0 Å². The van der Waals surface area contributed by atoms with Crippen LogP contribution in [0.5, 0.6) is 0 Å².